The summed E-state index contributed by atoms with van der Waals surface area (Å²) in [5.41, 5.74) is 0. The van der Waals surface area contributed by atoms with Gasteiger partial charge in [0.15, 0.2) is 0 Å². The highest BCUT2D eigenvalue weighted by Crippen LogP contribution is 2.28. The number of thiol groups is 1. The molecule has 1 saturated heterocycles. The molecule has 11 heavy (non-hydrogen) atoms. The van der Waals surface area contributed by atoms with Crippen molar-refractivity contribution in [1.29, 1.82) is 0 Å². The minimum Gasteiger partial charge on any atom is -0.250 e. The molecule has 2 atom stereocenters. The van der Waals surface area contributed by atoms with Crippen molar-refractivity contribution in [3.05, 3.63) is 0 Å². The largest absolute Gasteiger partial charge is 0.250 e. The third-order valence-electron chi connectivity index (χ3n) is 2.83. The Morgan fingerprint density at radius 2 is 2.09 bits per heavy atom. The van der Waals surface area contributed by atoms with Crippen molar-refractivity contribution in [1.82, 2.24) is 4.31 Å². The first-order valence-corrected chi connectivity index (χ1v) is 5.15. The van der Waals surface area contributed by atoms with Crippen molar-refractivity contribution in [3.8, 4) is 0 Å². The van der Waals surface area contributed by atoms with Crippen LogP contribution in [0.2, 0.25) is 0 Å². The van der Waals surface area contributed by atoms with Gasteiger partial charge < -0.3 is 0 Å². The van der Waals surface area contributed by atoms with Crippen molar-refractivity contribution in [3.63, 3.8) is 0 Å². The third kappa shape index (κ3) is 2.12. The van der Waals surface area contributed by atoms with Crippen LogP contribution in [0, 0.1) is 5.92 Å². The zero-order chi connectivity index (χ0) is 8.27. The van der Waals surface area contributed by atoms with E-state index in [0.717, 1.165) is 12.0 Å². The molecule has 66 valence electrons. The van der Waals surface area contributed by atoms with E-state index in [4.69, 9.17) is 0 Å². The molecule has 1 aliphatic heterocycles. The van der Waals surface area contributed by atoms with E-state index < -0.39 is 0 Å². The van der Waals surface area contributed by atoms with Gasteiger partial charge in [-0.1, -0.05) is 33.1 Å². The molecule has 1 heterocycles. The zero-order valence-electron chi connectivity index (χ0n) is 7.58. The Bertz CT molecular complexity index is 116. The van der Waals surface area contributed by atoms with E-state index >= 15 is 0 Å². The average Bonchev–Trinajstić information content (AvgIpc) is 2.04. The summed E-state index contributed by atoms with van der Waals surface area (Å²) in [6.07, 6.45) is 5.31. The van der Waals surface area contributed by atoms with E-state index in [-0.39, 0.29) is 0 Å². The van der Waals surface area contributed by atoms with Gasteiger partial charge in [0, 0.05) is 12.6 Å². The van der Waals surface area contributed by atoms with Gasteiger partial charge in [-0.3, -0.25) is 0 Å². The Balaban J connectivity index is 2.48. The summed E-state index contributed by atoms with van der Waals surface area (Å²) in [5, 5.41) is 0. The Morgan fingerprint density at radius 1 is 1.36 bits per heavy atom. The van der Waals surface area contributed by atoms with E-state index in [1.807, 2.05) is 0 Å². The van der Waals surface area contributed by atoms with Gasteiger partial charge >= 0.3 is 0 Å². The summed E-state index contributed by atoms with van der Waals surface area (Å²) in [4.78, 5) is 0. The van der Waals surface area contributed by atoms with Gasteiger partial charge in [0.1, 0.15) is 0 Å². The molecule has 1 rings (SSSR count). The molecule has 1 aliphatic rings. The fourth-order valence-electron chi connectivity index (χ4n) is 2.14. The summed E-state index contributed by atoms with van der Waals surface area (Å²) in [6, 6.07) is 0.733. The van der Waals surface area contributed by atoms with Gasteiger partial charge in [-0.2, -0.15) is 0 Å². The predicted molar refractivity (Wildman–Crippen MR) is 52.8 cm³/mol. The van der Waals surface area contributed by atoms with Gasteiger partial charge in [0.2, 0.25) is 0 Å². The van der Waals surface area contributed by atoms with E-state index in [0.29, 0.717) is 0 Å². The first-order chi connectivity index (χ1) is 5.29. The molecule has 0 aromatic heterocycles. The molecule has 0 amide bonds. The zero-order valence-corrected chi connectivity index (χ0v) is 8.48. The number of hydrogen-bond donors (Lipinski definition) is 1. The van der Waals surface area contributed by atoms with Crippen LogP contribution < -0.4 is 0 Å². The maximum absolute atomic E-state index is 4.48. The Morgan fingerprint density at radius 3 is 2.55 bits per heavy atom. The fraction of sp³-hybridized carbons (Fsp3) is 1.00. The second-order valence-corrected chi connectivity index (χ2v) is 3.96. The maximum atomic E-state index is 4.48. The van der Waals surface area contributed by atoms with E-state index in [2.05, 4.69) is 31.0 Å². The number of hydrogen-bond acceptors (Lipinski definition) is 2. The van der Waals surface area contributed by atoms with Gasteiger partial charge in [0.25, 0.3) is 0 Å². The van der Waals surface area contributed by atoms with Crippen LogP contribution in [0.1, 0.15) is 39.5 Å². The first-order valence-electron chi connectivity index (χ1n) is 4.75. The topological polar surface area (TPSA) is 3.24 Å². The summed E-state index contributed by atoms with van der Waals surface area (Å²) in [7, 11) is 0. The summed E-state index contributed by atoms with van der Waals surface area (Å²) >= 11 is 4.48. The molecular weight excluding hydrogens is 154 g/mol. The molecule has 1 fully saturated rings. The standard InChI is InChI=1S/C9H19NS/c1-3-8-6-5-7-10(11)9(8)4-2/h8-9,11H,3-7H2,1-2H3. The van der Waals surface area contributed by atoms with Gasteiger partial charge in [-0.25, -0.2) is 4.31 Å². The van der Waals surface area contributed by atoms with Crippen molar-refractivity contribution in [2.45, 2.75) is 45.6 Å². The molecule has 0 aliphatic carbocycles. The Kier molecular flexibility index (Phi) is 3.73. The summed E-state index contributed by atoms with van der Waals surface area (Å²) in [6.45, 7) is 5.74. The second kappa shape index (κ2) is 4.36. The first kappa shape index (κ1) is 9.40. The molecule has 0 bridgehead atoms. The lowest BCUT2D eigenvalue weighted by Crippen LogP contribution is -2.38. The van der Waals surface area contributed by atoms with Crippen LogP contribution in [-0.2, 0) is 0 Å². The highest BCUT2D eigenvalue weighted by Gasteiger charge is 2.26. The highest BCUT2D eigenvalue weighted by atomic mass is 32.1. The second-order valence-electron chi connectivity index (χ2n) is 3.45. The van der Waals surface area contributed by atoms with Crippen molar-refractivity contribution < 1.29 is 0 Å². The molecule has 0 aromatic rings. The minimum absolute atomic E-state index is 0.733. The molecule has 1 nitrogen and oxygen atoms in total. The number of piperidine rings is 1. The minimum atomic E-state index is 0.733. The number of rotatable bonds is 2. The fourth-order valence-corrected chi connectivity index (χ4v) is 2.63. The lowest BCUT2D eigenvalue weighted by molar-refractivity contribution is 0.181. The Hall–Kier alpha value is 0.310. The average molecular weight is 173 g/mol. The molecule has 2 unspecified atom stereocenters. The normalized spacial score (nSPS) is 34.1. The van der Waals surface area contributed by atoms with Crippen LogP contribution in [0.4, 0.5) is 0 Å². The van der Waals surface area contributed by atoms with Crippen molar-refractivity contribution in [2.24, 2.45) is 5.92 Å². The van der Waals surface area contributed by atoms with Crippen LogP contribution >= 0.6 is 12.8 Å². The highest BCUT2D eigenvalue weighted by molar-refractivity contribution is 7.77. The summed E-state index contributed by atoms with van der Waals surface area (Å²) < 4.78 is 2.23. The lowest BCUT2D eigenvalue weighted by atomic mass is 9.87. The van der Waals surface area contributed by atoms with E-state index in [9.17, 15) is 0 Å². The van der Waals surface area contributed by atoms with Gasteiger partial charge in [-0.05, 0) is 25.2 Å². The predicted octanol–water partition coefficient (Wildman–Crippen LogP) is 2.73. The van der Waals surface area contributed by atoms with E-state index in [1.165, 1.54) is 32.2 Å². The molecule has 0 saturated carbocycles. The number of nitrogens with zero attached hydrogens (tertiary/aromatic N) is 1. The van der Waals surface area contributed by atoms with Crippen LogP contribution in [0.5, 0.6) is 0 Å². The van der Waals surface area contributed by atoms with Crippen LogP contribution in [0.3, 0.4) is 0 Å². The van der Waals surface area contributed by atoms with Crippen molar-refractivity contribution >= 4 is 12.8 Å². The van der Waals surface area contributed by atoms with Gasteiger partial charge in [-0.15, -0.1) is 0 Å². The smallest absolute Gasteiger partial charge is 0.0225 e. The third-order valence-corrected chi connectivity index (χ3v) is 3.33. The quantitative estimate of drug-likeness (QED) is 0.628. The molecule has 0 N–H and O–H groups in total. The van der Waals surface area contributed by atoms with Crippen LogP contribution in [-0.4, -0.2) is 16.9 Å². The molecular formula is C9H19NS. The molecule has 0 aromatic carbocycles. The lowest BCUT2D eigenvalue weighted by Gasteiger charge is -2.37. The molecule has 0 radical (unpaired) electrons. The van der Waals surface area contributed by atoms with Crippen LogP contribution in [0.15, 0.2) is 0 Å². The maximum Gasteiger partial charge on any atom is 0.0225 e. The van der Waals surface area contributed by atoms with E-state index in [1.54, 1.807) is 0 Å². The van der Waals surface area contributed by atoms with Gasteiger partial charge in [0.05, 0.1) is 0 Å². The molecule has 2 heteroatoms. The van der Waals surface area contributed by atoms with Crippen molar-refractivity contribution in [2.75, 3.05) is 6.54 Å². The molecule has 0 spiro atoms. The summed E-state index contributed by atoms with van der Waals surface area (Å²) in [5.74, 6) is 0.895. The SMILES string of the molecule is CCC1CCCN(S)C1CC. The monoisotopic (exact) mass is 173 g/mol. The Labute approximate surface area is 75.7 Å². The van der Waals surface area contributed by atoms with Crippen LogP contribution in [0.25, 0.3) is 0 Å².